The molecule has 1 rings (SSSR count). The number of benzene rings is 1. The van der Waals surface area contributed by atoms with Crippen LogP contribution in [0, 0.1) is 5.82 Å². The highest BCUT2D eigenvalue weighted by molar-refractivity contribution is 5.31. The number of hydrogen-bond donors (Lipinski definition) is 1. The van der Waals surface area contributed by atoms with Crippen LogP contribution in [0.15, 0.2) is 18.2 Å². The molecule has 0 aliphatic carbocycles. The summed E-state index contributed by atoms with van der Waals surface area (Å²) in [5.74, 6) is -0.200. The fourth-order valence-electron chi connectivity index (χ4n) is 1.99. The van der Waals surface area contributed by atoms with E-state index in [1.54, 1.807) is 12.1 Å². The number of methoxy groups -OCH3 is 1. The van der Waals surface area contributed by atoms with Gasteiger partial charge in [0.15, 0.2) is 11.6 Å². The van der Waals surface area contributed by atoms with Crippen molar-refractivity contribution in [1.29, 1.82) is 0 Å². The number of unbranched alkanes of at least 4 members (excludes halogenated alkanes) is 4. The summed E-state index contributed by atoms with van der Waals surface area (Å²) in [5, 5.41) is 10.0. The Hall–Kier alpha value is -1.09. The topological polar surface area (TPSA) is 29.5 Å². The SMILES string of the molecule is CCCCCCCC(O)c1ccc(F)c(OC)c1. The number of aliphatic hydroxyl groups excluding tert-OH is 1. The van der Waals surface area contributed by atoms with Gasteiger partial charge >= 0.3 is 0 Å². The molecule has 1 atom stereocenters. The summed E-state index contributed by atoms with van der Waals surface area (Å²) >= 11 is 0. The lowest BCUT2D eigenvalue weighted by Gasteiger charge is -2.12. The minimum absolute atomic E-state index is 0.192. The number of hydrogen-bond acceptors (Lipinski definition) is 2. The fourth-order valence-corrected chi connectivity index (χ4v) is 1.99. The zero-order chi connectivity index (χ0) is 13.4. The van der Waals surface area contributed by atoms with Gasteiger partial charge in [0, 0.05) is 0 Å². The van der Waals surface area contributed by atoms with E-state index in [0.29, 0.717) is 0 Å². The van der Waals surface area contributed by atoms with Gasteiger partial charge in [-0.15, -0.1) is 0 Å². The molecule has 0 saturated carbocycles. The summed E-state index contributed by atoms with van der Waals surface area (Å²) in [6, 6.07) is 4.54. The van der Waals surface area contributed by atoms with Crippen LogP contribution in [0.2, 0.25) is 0 Å². The van der Waals surface area contributed by atoms with Gasteiger partial charge in [0.25, 0.3) is 0 Å². The average molecular weight is 254 g/mol. The summed E-state index contributed by atoms with van der Waals surface area (Å²) < 4.78 is 18.1. The first kappa shape index (κ1) is 15.0. The van der Waals surface area contributed by atoms with Crippen molar-refractivity contribution >= 4 is 0 Å². The van der Waals surface area contributed by atoms with Gasteiger partial charge in [-0.05, 0) is 24.1 Å². The summed E-state index contributed by atoms with van der Waals surface area (Å²) in [7, 11) is 1.43. The number of ether oxygens (including phenoxy) is 1. The van der Waals surface area contributed by atoms with Crippen molar-refractivity contribution in [2.75, 3.05) is 7.11 Å². The lowest BCUT2D eigenvalue weighted by Crippen LogP contribution is -1.99. The van der Waals surface area contributed by atoms with Crippen molar-refractivity contribution in [3.63, 3.8) is 0 Å². The third kappa shape index (κ3) is 4.65. The Morgan fingerprint density at radius 2 is 1.94 bits per heavy atom. The molecule has 0 amide bonds. The largest absolute Gasteiger partial charge is 0.494 e. The molecule has 0 heterocycles. The molecule has 2 nitrogen and oxygen atoms in total. The highest BCUT2D eigenvalue weighted by Crippen LogP contribution is 2.25. The van der Waals surface area contributed by atoms with Crippen LogP contribution in [0.1, 0.15) is 57.1 Å². The van der Waals surface area contributed by atoms with Gasteiger partial charge in [-0.2, -0.15) is 0 Å². The highest BCUT2D eigenvalue weighted by Gasteiger charge is 2.10. The first-order valence-electron chi connectivity index (χ1n) is 6.70. The van der Waals surface area contributed by atoms with Gasteiger partial charge in [0.1, 0.15) is 0 Å². The lowest BCUT2D eigenvalue weighted by molar-refractivity contribution is 0.163. The smallest absolute Gasteiger partial charge is 0.165 e. The van der Waals surface area contributed by atoms with Crippen molar-refractivity contribution in [3.8, 4) is 5.75 Å². The van der Waals surface area contributed by atoms with E-state index in [4.69, 9.17) is 4.74 Å². The Morgan fingerprint density at radius 1 is 1.22 bits per heavy atom. The minimum Gasteiger partial charge on any atom is -0.494 e. The maximum atomic E-state index is 13.2. The van der Waals surface area contributed by atoms with Crippen molar-refractivity contribution in [2.24, 2.45) is 0 Å². The molecular weight excluding hydrogens is 231 g/mol. The molecule has 3 heteroatoms. The third-order valence-corrected chi connectivity index (χ3v) is 3.14. The zero-order valence-electron chi connectivity index (χ0n) is 11.3. The molecule has 1 aromatic rings. The molecule has 0 radical (unpaired) electrons. The molecule has 0 spiro atoms. The molecule has 0 bridgehead atoms. The molecule has 1 aromatic carbocycles. The molecule has 102 valence electrons. The van der Waals surface area contributed by atoms with Crippen LogP contribution in [-0.2, 0) is 0 Å². The van der Waals surface area contributed by atoms with Crippen molar-refractivity contribution in [1.82, 2.24) is 0 Å². The predicted octanol–water partition coefficient (Wildman–Crippen LogP) is 4.23. The Balaban J connectivity index is 2.43. The Kier molecular flexibility index (Phi) is 6.73. The molecule has 18 heavy (non-hydrogen) atoms. The Bertz CT molecular complexity index is 352. The van der Waals surface area contributed by atoms with E-state index in [9.17, 15) is 9.50 Å². The summed E-state index contributed by atoms with van der Waals surface area (Å²) in [6.07, 6.45) is 6.03. The molecule has 0 aliphatic heterocycles. The number of halogens is 1. The maximum absolute atomic E-state index is 13.2. The second-order valence-corrected chi connectivity index (χ2v) is 4.61. The average Bonchev–Trinajstić information content (AvgIpc) is 2.38. The second-order valence-electron chi connectivity index (χ2n) is 4.61. The van der Waals surface area contributed by atoms with Crippen molar-refractivity contribution < 1.29 is 14.2 Å². The van der Waals surface area contributed by atoms with Crippen LogP contribution in [0.5, 0.6) is 5.75 Å². The molecule has 0 saturated heterocycles. The molecule has 0 aliphatic rings. The van der Waals surface area contributed by atoms with Crippen molar-refractivity contribution in [3.05, 3.63) is 29.6 Å². The molecule has 0 aromatic heterocycles. The summed E-state index contributed by atoms with van der Waals surface area (Å²) in [4.78, 5) is 0. The maximum Gasteiger partial charge on any atom is 0.165 e. The van der Waals surface area contributed by atoms with Crippen LogP contribution in [-0.4, -0.2) is 12.2 Å². The third-order valence-electron chi connectivity index (χ3n) is 3.14. The lowest BCUT2D eigenvalue weighted by atomic mass is 10.0. The highest BCUT2D eigenvalue weighted by atomic mass is 19.1. The van der Waals surface area contributed by atoms with Gasteiger partial charge in [0.05, 0.1) is 13.2 Å². The van der Waals surface area contributed by atoms with Gasteiger partial charge in [-0.1, -0.05) is 45.1 Å². The molecule has 1 N–H and O–H groups in total. The van der Waals surface area contributed by atoms with Gasteiger partial charge in [-0.25, -0.2) is 4.39 Å². The van der Waals surface area contributed by atoms with Crippen LogP contribution in [0.3, 0.4) is 0 Å². The second kappa shape index (κ2) is 8.09. The van der Waals surface area contributed by atoms with E-state index in [1.165, 1.54) is 32.4 Å². The zero-order valence-corrected chi connectivity index (χ0v) is 11.3. The first-order valence-corrected chi connectivity index (χ1v) is 6.70. The quantitative estimate of drug-likeness (QED) is 0.703. The Labute approximate surface area is 109 Å². The predicted molar refractivity (Wildman–Crippen MR) is 71.3 cm³/mol. The standard InChI is InChI=1S/C15H23FO2/c1-3-4-5-6-7-8-14(17)12-9-10-13(16)15(11-12)18-2/h9-11,14,17H,3-8H2,1-2H3. The minimum atomic E-state index is -0.527. The monoisotopic (exact) mass is 254 g/mol. The van der Waals surface area contributed by atoms with Gasteiger partial charge < -0.3 is 9.84 Å². The number of rotatable bonds is 8. The van der Waals surface area contributed by atoms with E-state index < -0.39 is 11.9 Å². The summed E-state index contributed by atoms with van der Waals surface area (Å²) in [6.45, 7) is 2.18. The van der Waals surface area contributed by atoms with Crippen LogP contribution < -0.4 is 4.74 Å². The van der Waals surface area contributed by atoms with Crippen LogP contribution in [0.4, 0.5) is 4.39 Å². The van der Waals surface area contributed by atoms with E-state index in [-0.39, 0.29) is 5.75 Å². The fraction of sp³-hybridized carbons (Fsp3) is 0.600. The van der Waals surface area contributed by atoms with Crippen molar-refractivity contribution in [2.45, 2.75) is 51.6 Å². The Morgan fingerprint density at radius 3 is 2.61 bits per heavy atom. The molecular formula is C15H23FO2. The molecule has 0 fully saturated rings. The van der Waals surface area contributed by atoms with Gasteiger partial charge in [-0.3, -0.25) is 0 Å². The van der Waals surface area contributed by atoms with E-state index >= 15 is 0 Å². The first-order chi connectivity index (χ1) is 8.69. The van der Waals surface area contributed by atoms with E-state index in [2.05, 4.69) is 6.92 Å². The normalized spacial score (nSPS) is 12.4. The van der Waals surface area contributed by atoms with Crippen LogP contribution >= 0.6 is 0 Å². The number of aliphatic hydroxyl groups is 1. The van der Waals surface area contributed by atoms with Gasteiger partial charge in [0.2, 0.25) is 0 Å². The molecule has 1 unspecified atom stereocenters. The summed E-state index contributed by atoms with van der Waals surface area (Å²) in [5.41, 5.74) is 0.726. The van der Waals surface area contributed by atoms with E-state index in [0.717, 1.165) is 24.8 Å². The van der Waals surface area contributed by atoms with Crippen LogP contribution in [0.25, 0.3) is 0 Å². The van der Waals surface area contributed by atoms with E-state index in [1.807, 2.05) is 0 Å².